The van der Waals surface area contributed by atoms with Crippen LogP contribution in [0.1, 0.15) is 52.1 Å². The minimum Gasteiger partial charge on any atom is -0.351 e. The molecule has 0 spiro atoms. The first-order chi connectivity index (χ1) is 15.5. The minimum atomic E-state index is -0.0136. The van der Waals surface area contributed by atoms with Crippen molar-refractivity contribution in [1.82, 2.24) is 15.2 Å². The highest BCUT2D eigenvalue weighted by Crippen LogP contribution is 2.27. The summed E-state index contributed by atoms with van der Waals surface area (Å²) in [7, 11) is 0. The molecule has 1 fully saturated rings. The standard InChI is InChI=1S/C24H25Cl2N3O2S/c25-19-5-4-18(13-20(19)26)24(31)29-11-7-16(8-12-29)3-1-2-9-28-23(30)21-14-17-6-10-27-15-22(17)32-21/h4-6,10,13-16H,1-3,7-9,11-12H2,(H,28,30). The summed E-state index contributed by atoms with van der Waals surface area (Å²) in [6, 6.07) is 8.88. The number of carbonyl (C=O) groups excluding carboxylic acids is 2. The monoisotopic (exact) mass is 489 g/mol. The fourth-order valence-corrected chi connectivity index (χ4v) is 5.32. The van der Waals surface area contributed by atoms with E-state index in [1.54, 1.807) is 30.6 Å². The van der Waals surface area contributed by atoms with Crippen molar-refractivity contribution in [2.24, 2.45) is 5.92 Å². The first-order valence-corrected chi connectivity index (χ1v) is 12.4. The molecule has 0 atom stereocenters. The van der Waals surface area contributed by atoms with Crippen molar-refractivity contribution in [3.63, 3.8) is 0 Å². The predicted molar refractivity (Wildman–Crippen MR) is 131 cm³/mol. The lowest BCUT2D eigenvalue weighted by molar-refractivity contribution is 0.0686. The van der Waals surface area contributed by atoms with Gasteiger partial charge >= 0.3 is 0 Å². The van der Waals surface area contributed by atoms with Gasteiger partial charge in [0.25, 0.3) is 11.8 Å². The Morgan fingerprint density at radius 2 is 1.91 bits per heavy atom. The number of benzene rings is 1. The fraction of sp³-hybridized carbons (Fsp3) is 0.375. The Labute approximate surface area is 201 Å². The molecule has 32 heavy (non-hydrogen) atoms. The Morgan fingerprint density at radius 1 is 1.09 bits per heavy atom. The van der Waals surface area contributed by atoms with Gasteiger partial charge in [-0.3, -0.25) is 14.6 Å². The van der Waals surface area contributed by atoms with Crippen molar-refractivity contribution in [3.05, 3.63) is 63.2 Å². The van der Waals surface area contributed by atoms with Crippen LogP contribution in [0, 0.1) is 5.92 Å². The number of aromatic nitrogens is 1. The number of pyridine rings is 1. The number of fused-ring (bicyclic) bond motifs is 1. The molecule has 1 aliphatic rings. The molecule has 3 aromatic rings. The third-order valence-electron chi connectivity index (χ3n) is 5.94. The van der Waals surface area contributed by atoms with Crippen molar-refractivity contribution < 1.29 is 9.59 Å². The average molecular weight is 490 g/mol. The second-order valence-corrected chi connectivity index (χ2v) is 10.0. The lowest BCUT2D eigenvalue weighted by Gasteiger charge is -2.32. The van der Waals surface area contributed by atoms with Crippen molar-refractivity contribution in [2.75, 3.05) is 19.6 Å². The van der Waals surface area contributed by atoms with E-state index in [9.17, 15) is 9.59 Å². The fourth-order valence-electron chi connectivity index (χ4n) is 4.08. The smallest absolute Gasteiger partial charge is 0.261 e. The molecule has 4 rings (SSSR count). The third-order valence-corrected chi connectivity index (χ3v) is 7.76. The molecule has 1 aliphatic heterocycles. The highest BCUT2D eigenvalue weighted by molar-refractivity contribution is 7.20. The maximum Gasteiger partial charge on any atom is 0.261 e. The van der Waals surface area contributed by atoms with Crippen LogP contribution in [-0.4, -0.2) is 41.3 Å². The number of nitrogens with zero attached hydrogens (tertiary/aromatic N) is 2. The highest BCUT2D eigenvalue weighted by atomic mass is 35.5. The molecule has 0 aliphatic carbocycles. The Morgan fingerprint density at radius 3 is 2.66 bits per heavy atom. The first-order valence-electron chi connectivity index (χ1n) is 10.9. The quantitative estimate of drug-likeness (QED) is 0.410. The SMILES string of the molecule is O=C(NCCCCC1CCN(C(=O)c2ccc(Cl)c(Cl)c2)CC1)c1cc2ccncc2s1. The third kappa shape index (κ3) is 5.61. The number of nitrogens with one attached hydrogen (secondary N) is 1. The zero-order valence-corrected chi connectivity index (χ0v) is 20.0. The summed E-state index contributed by atoms with van der Waals surface area (Å²) in [6.45, 7) is 2.21. The second-order valence-electron chi connectivity index (χ2n) is 8.14. The van der Waals surface area contributed by atoms with E-state index in [2.05, 4.69) is 10.3 Å². The van der Waals surface area contributed by atoms with Gasteiger partial charge in [0.05, 0.1) is 19.6 Å². The van der Waals surface area contributed by atoms with Gasteiger partial charge in [-0.05, 0) is 60.9 Å². The second kappa shape index (κ2) is 10.6. The largest absolute Gasteiger partial charge is 0.351 e. The summed E-state index contributed by atoms with van der Waals surface area (Å²) in [5.41, 5.74) is 0.587. The topological polar surface area (TPSA) is 62.3 Å². The number of thiophene rings is 1. The Kier molecular flexibility index (Phi) is 7.66. The summed E-state index contributed by atoms with van der Waals surface area (Å²) >= 11 is 13.5. The average Bonchev–Trinajstić information content (AvgIpc) is 3.25. The number of piperidine rings is 1. The lowest BCUT2D eigenvalue weighted by Crippen LogP contribution is -2.38. The van der Waals surface area contributed by atoms with Crippen molar-refractivity contribution in [1.29, 1.82) is 0 Å². The molecule has 168 valence electrons. The number of likely N-dealkylation sites (tertiary alicyclic amines) is 1. The summed E-state index contributed by atoms with van der Waals surface area (Å²) in [6.07, 6.45) is 8.71. The number of rotatable bonds is 7. The van der Waals surface area contributed by atoms with Gasteiger partial charge in [-0.25, -0.2) is 0 Å². The molecule has 0 radical (unpaired) electrons. The summed E-state index contributed by atoms with van der Waals surface area (Å²) < 4.78 is 1.03. The van der Waals surface area contributed by atoms with Crippen molar-refractivity contribution in [2.45, 2.75) is 32.1 Å². The van der Waals surface area contributed by atoms with E-state index in [4.69, 9.17) is 23.2 Å². The minimum absolute atomic E-state index is 0.0136. The van der Waals surface area contributed by atoms with Gasteiger partial charge in [-0.1, -0.05) is 36.0 Å². The van der Waals surface area contributed by atoms with Crippen LogP contribution < -0.4 is 5.32 Å². The molecule has 0 unspecified atom stereocenters. The maximum atomic E-state index is 12.7. The molecule has 0 bridgehead atoms. The molecule has 0 saturated carbocycles. The zero-order valence-electron chi connectivity index (χ0n) is 17.7. The number of amides is 2. The molecule has 1 N–H and O–H groups in total. The Hall–Kier alpha value is -2.15. The molecule has 2 aromatic heterocycles. The van der Waals surface area contributed by atoms with E-state index in [0.29, 0.717) is 28.1 Å². The maximum absolute atomic E-state index is 12.7. The van der Waals surface area contributed by atoms with Crippen LogP contribution >= 0.6 is 34.5 Å². The number of hydrogen-bond donors (Lipinski definition) is 1. The molecule has 1 aromatic carbocycles. The molecular formula is C24H25Cl2N3O2S. The zero-order chi connectivity index (χ0) is 22.5. The van der Waals surface area contributed by atoms with E-state index >= 15 is 0 Å². The van der Waals surface area contributed by atoms with Crippen LogP contribution in [0.2, 0.25) is 10.0 Å². The van der Waals surface area contributed by atoms with Crippen LogP contribution in [0.25, 0.3) is 10.1 Å². The molecular weight excluding hydrogens is 465 g/mol. The lowest BCUT2D eigenvalue weighted by atomic mass is 9.91. The molecule has 2 amide bonds. The van der Waals surface area contributed by atoms with E-state index < -0.39 is 0 Å². The van der Waals surface area contributed by atoms with Crippen LogP contribution in [0.5, 0.6) is 0 Å². The Bertz CT molecular complexity index is 1080. The van der Waals surface area contributed by atoms with Gasteiger partial charge < -0.3 is 10.2 Å². The number of unbranched alkanes of at least 4 members (excludes halogenated alkanes) is 1. The summed E-state index contributed by atoms with van der Waals surface area (Å²) in [4.78, 5) is 31.8. The van der Waals surface area contributed by atoms with E-state index in [1.807, 2.05) is 17.0 Å². The Balaban J connectivity index is 1.14. The summed E-state index contributed by atoms with van der Waals surface area (Å²) in [5, 5.41) is 4.94. The van der Waals surface area contributed by atoms with Crippen molar-refractivity contribution >= 4 is 56.4 Å². The van der Waals surface area contributed by atoms with Gasteiger partial charge in [-0.2, -0.15) is 0 Å². The van der Waals surface area contributed by atoms with Gasteiger partial charge in [0, 0.05) is 37.6 Å². The van der Waals surface area contributed by atoms with Gasteiger partial charge in [0.15, 0.2) is 0 Å². The number of halogens is 2. The first kappa shape index (κ1) is 23.0. The molecule has 8 heteroatoms. The number of hydrogen-bond acceptors (Lipinski definition) is 4. The predicted octanol–water partition coefficient (Wildman–Crippen LogP) is 6.06. The highest BCUT2D eigenvalue weighted by Gasteiger charge is 2.23. The molecule has 5 nitrogen and oxygen atoms in total. The van der Waals surface area contributed by atoms with Crippen LogP contribution in [0.15, 0.2) is 42.7 Å². The van der Waals surface area contributed by atoms with E-state index in [1.165, 1.54) is 11.3 Å². The van der Waals surface area contributed by atoms with Crippen LogP contribution in [0.4, 0.5) is 0 Å². The number of carbonyl (C=O) groups is 2. The van der Waals surface area contributed by atoms with Crippen molar-refractivity contribution in [3.8, 4) is 0 Å². The normalized spacial score (nSPS) is 14.6. The van der Waals surface area contributed by atoms with Gasteiger partial charge in [0.2, 0.25) is 0 Å². The molecule has 3 heterocycles. The molecule has 1 saturated heterocycles. The van der Waals surface area contributed by atoms with Crippen LogP contribution in [-0.2, 0) is 0 Å². The van der Waals surface area contributed by atoms with Crippen LogP contribution in [0.3, 0.4) is 0 Å². The van der Waals surface area contributed by atoms with Gasteiger partial charge in [0.1, 0.15) is 0 Å². The van der Waals surface area contributed by atoms with E-state index in [0.717, 1.165) is 60.2 Å². The van der Waals surface area contributed by atoms with Gasteiger partial charge in [-0.15, -0.1) is 11.3 Å². The van der Waals surface area contributed by atoms with E-state index in [-0.39, 0.29) is 11.8 Å². The summed E-state index contributed by atoms with van der Waals surface area (Å²) in [5.74, 6) is 0.626.